The fraction of sp³-hybridized carbons (Fsp3) is 0.217. The van der Waals surface area contributed by atoms with Crippen molar-refractivity contribution in [2.45, 2.75) is 31.8 Å². The number of carbonyl (C=O) groups excluding carboxylic acids is 1. The van der Waals surface area contributed by atoms with Gasteiger partial charge in [0.2, 0.25) is 5.88 Å². The molecule has 2 aromatic carbocycles. The van der Waals surface area contributed by atoms with Gasteiger partial charge < -0.3 is 15.2 Å². The summed E-state index contributed by atoms with van der Waals surface area (Å²) >= 11 is 3.46. The number of nitriles is 1. The number of benzene rings is 2. The summed E-state index contributed by atoms with van der Waals surface area (Å²) in [7, 11) is 0. The molecule has 0 radical (unpaired) electrons. The zero-order chi connectivity index (χ0) is 21.3. The molecule has 1 aliphatic carbocycles. The molecule has 2 aromatic rings. The molecule has 0 saturated carbocycles. The number of rotatable bonds is 4. The molecule has 0 amide bonds. The molecule has 0 saturated heterocycles. The van der Waals surface area contributed by atoms with Crippen LogP contribution in [0.15, 0.2) is 69.7 Å². The second kappa shape index (κ2) is 8.33. The minimum Gasteiger partial charge on any atom is -0.489 e. The highest BCUT2D eigenvalue weighted by Gasteiger charge is 2.39. The van der Waals surface area contributed by atoms with Crippen LogP contribution in [0.4, 0.5) is 4.39 Å². The van der Waals surface area contributed by atoms with Gasteiger partial charge in [-0.3, -0.25) is 4.79 Å². The molecule has 7 heteroatoms. The molecular weight excluding hydrogens is 451 g/mol. The molecule has 1 unspecified atom stereocenters. The Labute approximate surface area is 181 Å². The van der Waals surface area contributed by atoms with E-state index in [0.717, 1.165) is 4.47 Å². The third-order valence-corrected chi connectivity index (χ3v) is 5.66. The van der Waals surface area contributed by atoms with Crippen LogP contribution in [0.1, 0.15) is 36.3 Å². The minimum absolute atomic E-state index is 0.00649. The van der Waals surface area contributed by atoms with E-state index in [1.165, 1.54) is 12.1 Å². The number of Topliss-reactive ketones (excluding diaryl/α,β-unsaturated/α-hetero) is 1. The summed E-state index contributed by atoms with van der Waals surface area (Å²) in [5.41, 5.74) is 7.97. The summed E-state index contributed by atoms with van der Waals surface area (Å²) in [4.78, 5) is 12.8. The summed E-state index contributed by atoms with van der Waals surface area (Å²) in [5.74, 6) is -0.0679. The molecule has 2 N–H and O–H groups in total. The maximum atomic E-state index is 13.5. The standard InChI is InChI=1S/C23H18BrFN2O3/c24-14-7-8-19(29-12-13-3-1-4-15(25)9-13)16(10-14)21-17(11-26)23(27)30-20-6-2-5-18(28)22(20)21/h1,3-4,7-10,21H,2,5-6,12,27H2. The molecule has 0 fully saturated rings. The molecular formula is C23H18BrFN2O3. The molecule has 152 valence electrons. The van der Waals surface area contributed by atoms with Crippen molar-refractivity contribution in [3.63, 3.8) is 0 Å². The maximum Gasteiger partial charge on any atom is 0.205 e. The number of ether oxygens (including phenoxy) is 2. The summed E-state index contributed by atoms with van der Waals surface area (Å²) in [6.45, 7) is 0.135. The van der Waals surface area contributed by atoms with Gasteiger partial charge in [-0.2, -0.15) is 5.26 Å². The Balaban J connectivity index is 1.78. The SMILES string of the molecule is N#CC1=C(N)OC2=C(C(=O)CCC2)C1c1cc(Br)ccc1OCc1cccc(F)c1. The number of carbonyl (C=O) groups is 1. The summed E-state index contributed by atoms with van der Waals surface area (Å²) in [6, 6.07) is 13.6. The summed E-state index contributed by atoms with van der Waals surface area (Å²) < 4.78 is 25.9. The van der Waals surface area contributed by atoms with Crippen LogP contribution in [0.3, 0.4) is 0 Å². The van der Waals surface area contributed by atoms with Gasteiger partial charge in [0.15, 0.2) is 5.78 Å². The topological polar surface area (TPSA) is 85.3 Å². The number of ketones is 1. The lowest BCUT2D eigenvalue weighted by molar-refractivity contribution is -0.116. The number of hydrogen-bond donors (Lipinski definition) is 1. The van der Waals surface area contributed by atoms with Gasteiger partial charge in [-0.05, 0) is 42.3 Å². The van der Waals surface area contributed by atoms with Gasteiger partial charge in [-0.25, -0.2) is 4.39 Å². The molecule has 4 rings (SSSR count). The highest BCUT2D eigenvalue weighted by Crippen LogP contribution is 2.46. The number of hydrogen-bond acceptors (Lipinski definition) is 5. The van der Waals surface area contributed by atoms with Crippen LogP contribution in [0.25, 0.3) is 0 Å². The van der Waals surface area contributed by atoms with Crippen LogP contribution < -0.4 is 10.5 Å². The molecule has 0 bridgehead atoms. The minimum atomic E-state index is -0.674. The van der Waals surface area contributed by atoms with Crippen LogP contribution >= 0.6 is 15.9 Å². The summed E-state index contributed by atoms with van der Waals surface area (Å²) in [5, 5.41) is 9.77. The van der Waals surface area contributed by atoms with E-state index >= 15 is 0 Å². The average molecular weight is 469 g/mol. The largest absolute Gasteiger partial charge is 0.489 e. The number of nitrogens with two attached hydrogens (primary N) is 1. The molecule has 2 aliphatic rings. The molecule has 1 heterocycles. The first-order chi connectivity index (χ1) is 14.5. The van der Waals surface area contributed by atoms with Crippen molar-refractivity contribution in [1.82, 2.24) is 0 Å². The van der Waals surface area contributed by atoms with E-state index in [1.807, 2.05) is 6.07 Å². The van der Waals surface area contributed by atoms with Crippen LogP contribution in [0.5, 0.6) is 5.75 Å². The first-order valence-electron chi connectivity index (χ1n) is 9.48. The van der Waals surface area contributed by atoms with E-state index in [1.54, 1.807) is 24.3 Å². The van der Waals surface area contributed by atoms with Crippen LogP contribution in [-0.4, -0.2) is 5.78 Å². The first-order valence-corrected chi connectivity index (χ1v) is 10.3. The lowest BCUT2D eigenvalue weighted by Gasteiger charge is -2.31. The quantitative estimate of drug-likeness (QED) is 0.683. The van der Waals surface area contributed by atoms with Crippen molar-refractivity contribution in [3.8, 4) is 11.8 Å². The van der Waals surface area contributed by atoms with Gasteiger partial charge >= 0.3 is 0 Å². The van der Waals surface area contributed by atoms with E-state index in [-0.39, 0.29) is 29.7 Å². The molecule has 1 aliphatic heterocycles. The van der Waals surface area contributed by atoms with E-state index in [0.29, 0.717) is 47.5 Å². The monoisotopic (exact) mass is 468 g/mol. The van der Waals surface area contributed by atoms with E-state index in [9.17, 15) is 14.4 Å². The van der Waals surface area contributed by atoms with E-state index in [4.69, 9.17) is 15.2 Å². The predicted molar refractivity (Wildman–Crippen MR) is 111 cm³/mol. The van der Waals surface area contributed by atoms with Crippen molar-refractivity contribution in [1.29, 1.82) is 5.26 Å². The number of allylic oxidation sites excluding steroid dienone is 3. The van der Waals surface area contributed by atoms with E-state index in [2.05, 4.69) is 22.0 Å². The highest BCUT2D eigenvalue weighted by atomic mass is 79.9. The zero-order valence-electron chi connectivity index (χ0n) is 16.0. The Morgan fingerprint density at radius 2 is 2.10 bits per heavy atom. The molecule has 30 heavy (non-hydrogen) atoms. The Bertz CT molecular complexity index is 1130. The van der Waals surface area contributed by atoms with Gasteiger partial charge in [0.25, 0.3) is 0 Å². The zero-order valence-corrected chi connectivity index (χ0v) is 17.5. The molecule has 0 spiro atoms. The smallest absolute Gasteiger partial charge is 0.205 e. The predicted octanol–water partition coefficient (Wildman–Crippen LogP) is 4.98. The van der Waals surface area contributed by atoms with Gasteiger partial charge in [-0.1, -0.05) is 28.1 Å². The molecule has 0 aromatic heterocycles. The van der Waals surface area contributed by atoms with Crippen LogP contribution in [0.2, 0.25) is 0 Å². The Hall–Kier alpha value is -3.11. The third kappa shape index (κ3) is 3.83. The van der Waals surface area contributed by atoms with Crippen molar-refractivity contribution in [2.24, 2.45) is 5.73 Å². The third-order valence-electron chi connectivity index (χ3n) is 5.17. The maximum absolute atomic E-state index is 13.5. The average Bonchev–Trinajstić information content (AvgIpc) is 2.72. The molecule has 1 atom stereocenters. The van der Waals surface area contributed by atoms with Crippen molar-refractivity contribution < 1.29 is 18.7 Å². The second-order valence-corrected chi connectivity index (χ2v) is 8.05. The van der Waals surface area contributed by atoms with Gasteiger partial charge in [0, 0.05) is 28.5 Å². The molecule has 5 nitrogen and oxygen atoms in total. The van der Waals surface area contributed by atoms with Gasteiger partial charge in [0.1, 0.15) is 35.6 Å². The van der Waals surface area contributed by atoms with E-state index < -0.39 is 5.92 Å². The van der Waals surface area contributed by atoms with Crippen LogP contribution in [0, 0.1) is 17.1 Å². The van der Waals surface area contributed by atoms with Crippen LogP contribution in [-0.2, 0) is 16.1 Å². The normalized spacial score (nSPS) is 18.6. The Morgan fingerprint density at radius 3 is 2.87 bits per heavy atom. The second-order valence-electron chi connectivity index (χ2n) is 7.14. The van der Waals surface area contributed by atoms with Gasteiger partial charge in [-0.15, -0.1) is 0 Å². The lowest BCUT2D eigenvalue weighted by atomic mass is 9.77. The fourth-order valence-corrected chi connectivity index (χ4v) is 4.21. The van der Waals surface area contributed by atoms with Crippen molar-refractivity contribution >= 4 is 21.7 Å². The summed E-state index contributed by atoms with van der Waals surface area (Å²) in [6.07, 6.45) is 1.66. The fourth-order valence-electron chi connectivity index (χ4n) is 3.83. The number of halogens is 2. The van der Waals surface area contributed by atoms with Crippen molar-refractivity contribution in [3.05, 3.63) is 86.7 Å². The van der Waals surface area contributed by atoms with Crippen molar-refractivity contribution in [2.75, 3.05) is 0 Å². The number of nitrogens with zero attached hydrogens (tertiary/aromatic N) is 1. The highest BCUT2D eigenvalue weighted by molar-refractivity contribution is 9.10. The lowest BCUT2D eigenvalue weighted by Crippen LogP contribution is -2.27. The Morgan fingerprint density at radius 1 is 1.27 bits per heavy atom. The van der Waals surface area contributed by atoms with Gasteiger partial charge in [0.05, 0.1) is 5.92 Å². The Kier molecular flexibility index (Phi) is 5.60. The first kappa shape index (κ1) is 20.2.